The quantitative estimate of drug-likeness (QED) is 0.765. The summed E-state index contributed by atoms with van der Waals surface area (Å²) in [5, 5.41) is 3.81. The van der Waals surface area contributed by atoms with Gasteiger partial charge in [-0.15, -0.1) is 0 Å². The van der Waals surface area contributed by atoms with Gasteiger partial charge in [0.15, 0.2) is 0 Å². The van der Waals surface area contributed by atoms with Crippen LogP contribution in [0.5, 0.6) is 0 Å². The SMILES string of the molecule is CCC(CC)(CBr)NC(=O)COC(C)(C)C. The van der Waals surface area contributed by atoms with E-state index in [1.165, 1.54) is 0 Å². The maximum absolute atomic E-state index is 11.7. The molecule has 0 aromatic rings. The zero-order valence-corrected chi connectivity index (χ0v) is 12.6. The van der Waals surface area contributed by atoms with E-state index in [1.54, 1.807) is 0 Å². The average Bonchev–Trinajstić information content (AvgIpc) is 2.22. The van der Waals surface area contributed by atoms with Gasteiger partial charge in [0.25, 0.3) is 0 Å². The third-order valence-electron chi connectivity index (χ3n) is 2.65. The van der Waals surface area contributed by atoms with E-state index in [-0.39, 0.29) is 23.7 Å². The van der Waals surface area contributed by atoms with Crippen molar-refractivity contribution >= 4 is 21.8 Å². The number of rotatable bonds is 6. The first kappa shape index (κ1) is 15.9. The average molecular weight is 294 g/mol. The molecular formula is C12H24BrNO2. The smallest absolute Gasteiger partial charge is 0.246 e. The number of nitrogens with one attached hydrogen (secondary N) is 1. The Morgan fingerprint density at radius 1 is 1.25 bits per heavy atom. The molecule has 0 aliphatic heterocycles. The normalized spacial score (nSPS) is 12.6. The molecule has 0 heterocycles. The summed E-state index contributed by atoms with van der Waals surface area (Å²) in [6.45, 7) is 10.1. The van der Waals surface area contributed by atoms with Gasteiger partial charge in [0.1, 0.15) is 6.61 Å². The molecule has 1 amide bonds. The number of alkyl halides is 1. The summed E-state index contributed by atoms with van der Waals surface area (Å²) in [4.78, 5) is 11.7. The van der Waals surface area contributed by atoms with E-state index in [0.29, 0.717) is 0 Å². The van der Waals surface area contributed by atoms with Crippen molar-refractivity contribution in [1.82, 2.24) is 5.32 Å². The van der Waals surface area contributed by atoms with Crippen LogP contribution in [0, 0.1) is 0 Å². The van der Waals surface area contributed by atoms with Crippen molar-refractivity contribution in [2.24, 2.45) is 0 Å². The third-order valence-corrected chi connectivity index (χ3v) is 3.72. The minimum Gasteiger partial charge on any atom is -0.366 e. The number of hydrogen-bond acceptors (Lipinski definition) is 2. The summed E-state index contributed by atoms with van der Waals surface area (Å²) in [6, 6.07) is 0. The first-order valence-corrected chi connectivity index (χ1v) is 6.91. The van der Waals surface area contributed by atoms with Crippen LogP contribution in [0.15, 0.2) is 0 Å². The fourth-order valence-electron chi connectivity index (χ4n) is 1.26. The Bertz CT molecular complexity index is 211. The number of halogens is 1. The zero-order valence-electron chi connectivity index (χ0n) is 11.0. The highest BCUT2D eigenvalue weighted by Crippen LogP contribution is 2.18. The topological polar surface area (TPSA) is 38.3 Å². The van der Waals surface area contributed by atoms with Gasteiger partial charge in [-0.3, -0.25) is 4.79 Å². The van der Waals surface area contributed by atoms with E-state index in [2.05, 4.69) is 35.1 Å². The number of carbonyl (C=O) groups excluding carboxylic acids is 1. The van der Waals surface area contributed by atoms with Gasteiger partial charge in [0.2, 0.25) is 5.91 Å². The van der Waals surface area contributed by atoms with Crippen LogP contribution >= 0.6 is 15.9 Å². The standard InChI is InChI=1S/C12H24BrNO2/c1-6-12(7-2,9-13)14-10(15)8-16-11(3,4)5/h6-9H2,1-5H3,(H,14,15). The first-order valence-electron chi connectivity index (χ1n) is 5.79. The highest BCUT2D eigenvalue weighted by molar-refractivity contribution is 9.09. The van der Waals surface area contributed by atoms with Crippen molar-refractivity contribution in [3.63, 3.8) is 0 Å². The number of carbonyl (C=O) groups is 1. The molecule has 0 atom stereocenters. The highest BCUT2D eigenvalue weighted by atomic mass is 79.9. The minimum atomic E-state index is -0.271. The van der Waals surface area contributed by atoms with Crippen LogP contribution in [0.4, 0.5) is 0 Å². The summed E-state index contributed by atoms with van der Waals surface area (Å²) in [5.74, 6) is -0.0434. The second kappa shape index (κ2) is 6.60. The van der Waals surface area contributed by atoms with Crippen molar-refractivity contribution < 1.29 is 9.53 Å². The van der Waals surface area contributed by atoms with Gasteiger partial charge in [-0.05, 0) is 33.6 Å². The van der Waals surface area contributed by atoms with E-state index >= 15 is 0 Å². The summed E-state index contributed by atoms with van der Waals surface area (Å²) in [5.41, 5.74) is -0.412. The lowest BCUT2D eigenvalue weighted by atomic mass is 9.95. The van der Waals surface area contributed by atoms with Crippen LogP contribution in [0.1, 0.15) is 47.5 Å². The van der Waals surface area contributed by atoms with Crippen molar-refractivity contribution in [3.05, 3.63) is 0 Å². The first-order chi connectivity index (χ1) is 7.28. The van der Waals surface area contributed by atoms with E-state index < -0.39 is 0 Å². The molecule has 0 fully saturated rings. The second-order valence-electron chi connectivity index (χ2n) is 5.07. The molecule has 0 aromatic carbocycles. The number of amides is 1. The maximum atomic E-state index is 11.7. The van der Waals surface area contributed by atoms with Gasteiger partial charge < -0.3 is 10.1 Å². The molecule has 1 N–H and O–H groups in total. The molecule has 0 aliphatic carbocycles. The van der Waals surface area contributed by atoms with E-state index in [1.807, 2.05) is 20.8 Å². The fourth-order valence-corrected chi connectivity index (χ4v) is 2.20. The Kier molecular flexibility index (Phi) is 6.56. The summed E-state index contributed by atoms with van der Waals surface area (Å²) in [6.07, 6.45) is 1.83. The van der Waals surface area contributed by atoms with Crippen LogP contribution in [0.2, 0.25) is 0 Å². The third kappa shape index (κ3) is 5.85. The zero-order chi connectivity index (χ0) is 12.8. The van der Waals surface area contributed by atoms with E-state index in [0.717, 1.165) is 18.2 Å². The highest BCUT2D eigenvalue weighted by Gasteiger charge is 2.27. The molecule has 0 bridgehead atoms. The van der Waals surface area contributed by atoms with Gasteiger partial charge in [-0.1, -0.05) is 29.8 Å². The van der Waals surface area contributed by atoms with Gasteiger partial charge >= 0.3 is 0 Å². The van der Waals surface area contributed by atoms with Crippen molar-refractivity contribution in [2.45, 2.75) is 58.6 Å². The van der Waals surface area contributed by atoms with Crippen LogP contribution in [-0.4, -0.2) is 29.0 Å². The van der Waals surface area contributed by atoms with Gasteiger partial charge in [0, 0.05) is 10.9 Å². The number of hydrogen-bond donors (Lipinski definition) is 1. The molecule has 4 heteroatoms. The van der Waals surface area contributed by atoms with Crippen molar-refractivity contribution in [2.75, 3.05) is 11.9 Å². The minimum absolute atomic E-state index is 0.0434. The fraction of sp³-hybridized carbons (Fsp3) is 0.917. The van der Waals surface area contributed by atoms with Crippen molar-refractivity contribution in [1.29, 1.82) is 0 Å². The molecule has 0 rings (SSSR count). The van der Waals surface area contributed by atoms with Crippen LogP contribution < -0.4 is 5.32 Å². The van der Waals surface area contributed by atoms with Crippen LogP contribution in [0.3, 0.4) is 0 Å². The van der Waals surface area contributed by atoms with Gasteiger partial charge in [-0.2, -0.15) is 0 Å². The summed E-state index contributed by atoms with van der Waals surface area (Å²) >= 11 is 3.46. The predicted octanol–water partition coefficient (Wildman–Crippen LogP) is 2.87. The Labute approximate surface area is 107 Å². The van der Waals surface area contributed by atoms with Gasteiger partial charge in [0.05, 0.1) is 5.60 Å². The largest absolute Gasteiger partial charge is 0.366 e. The molecule has 0 saturated carbocycles. The lowest BCUT2D eigenvalue weighted by molar-refractivity contribution is -0.132. The Hall–Kier alpha value is -0.0900. The Balaban J connectivity index is 4.21. The second-order valence-corrected chi connectivity index (χ2v) is 5.63. The molecule has 3 nitrogen and oxygen atoms in total. The van der Waals surface area contributed by atoms with E-state index in [9.17, 15) is 4.79 Å². The molecule has 16 heavy (non-hydrogen) atoms. The van der Waals surface area contributed by atoms with Crippen molar-refractivity contribution in [3.8, 4) is 0 Å². The monoisotopic (exact) mass is 293 g/mol. The molecule has 0 aromatic heterocycles. The Morgan fingerprint density at radius 3 is 2.06 bits per heavy atom. The molecule has 0 radical (unpaired) electrons. The van der Waals surface area contributed by atoms with Gasteiger partial charge in [-0.25, -0.2) is 0 Å². The maximum Gasteiger partial charge on any atom is 0.246 e. The van der Waals surface area contributed by atoms with Crippen LogP contribution in [-0.2, 0) is 9.53 Å². The predicted molar refractivity (Wildman–Crippen MR) is 71.0 cm³/mol. The summed E-state index contributed by atoms with van der Waals surface area (Å²) in [7, 11) is 0. The van der Waals surface area contributed by atoms with Crippen LogP contribution in [0.25, 0.3) is 0 Å². The molecule has 0 spiro atoms. The lowest BCUT2D eigenvalue weighted by Crippen LogP contribution is -2.50. The van der Waals surface area contributed by atoms with E-state index in [4.69, 9.17) is 4.74 Å². The molecule has 96 valence electrons. The number of ether oxygens (including phenoxy) is 1. The molecule has 0 saturated heterocycles. The summed E-state index contributed by atoms with van der Waals surface area (Å²) < 4.78 is 5.44. The lowest BCUT2D eigenvalue weighted by Gasteiger charge is -2.31. The molecule has 0 aliphatic rings. The molecular weight excluding hydrogens is 270 g/mol. The Morgan fingerprint density at radius 2 is 1.75 bits per heavy atom. The molecule has 0 unspecified atom stereocenters.